The lowest BCUT2D eigenvalue weighted by Gasteiger charge is -2.41. The molecule has 1 aromatic heterocycles. The Labute approximate surface area is 151 Å². The molecule has 138 valence electrons. The molecule has 1 aromatic carbocycles. The van der Waals surface area contributed by atoms with E-state index >= 15 is 0 Å². The average molecular weight is 358 g/mol. The van der Waals surface area contributed by atoms with Crippen molar-refractivity contribution in [3.8, 4) is 5.69 Å². The highest BCUT2D eigenvalue weighted by Crippen LogP contribution is 2.33. The highest BCUT2D eigenvalue weighted by atomic mass is 19.1. The fourth-order valence-electron chi connectivity index (χ4n) is 3.77. The van der Waals surface area contributed by atoms with Crippen molar-refractivity contribution in [2.24, 2.45) is 5.41 Å². The van der Waals surface area contributed by atoms with Crippen molar-refractivity contribution in [2.75, 3.05) is 19.6 Å². The van der Waals surface area contributed by atoms with Gasteiger partial charge in [0.05, 0.1) is 11.9 Å². The van der Waals surface area contributed by atoms with Crippen molar-refractivity contribution < 1.29 is 14.3 Å². The van der Waals surface area contributed by atoms with E-state index in [0.29, 0.717) is 26.2 Å². The van der Waals surface area contributed by atoms with Gasteiger partial charge in [-0.15, -0.1) is 0 Å². The van der Waals surface area contributed by atoms with E-state index in [9.17, 15) is 14.3 Å². The van der Waals surface area contributed by atoms with E-state index in [0.717, 1.165) is 23.4 Å². The quantitative estimate of drug-likeness (QED) is 0.848. The largest absolute Gasteiger partial charge is 0.377 e. The minimum Gasteiger partial charge on any atom is -0.377 e. The van der Waals surface area contributed by atoms with Crippen molar-refractivity contribution in [1.29, 1.82) is 0 Å². The third-order valence-electron chi connectivity index (χ3n) is 5.17. The molecule has 2 aromatic rings. The molecule has 0 unspecified atom stereocenters. The lowest BCUT2D eigenvalue weighted by atomic mass is 9.87. The predicted octanol–water partition coefficient (Wildman–Crippen LogP) is 1.26. The van der Waals surface area contributed by atoms with E-state index in [4.69, 9.17) is 0 Å². The molecule has 0 spiro atoms. The van der Waals surface area contributed by atoms with Gasteiger partial charge in [-0.3, -0.25) is 4.79 Å². The molecule has 2 aliphatic rings. The third kappa shape index (κ3) is 2.91. The number of amides is 1. The van der Waals surface area contributed by atoms with Crippen LogP contribution in [0, 0.1) is 11.2 Å². The van der Waals surface area contributed by atoms with E-state index in [1.807, 2.05) is 4.68 Å². The molecule has 0 bridgehead atoms. The minimum atomic E-state index is -1.30. The number of carbonyl (C=O) groups is 1. The van der Waals surface area contributed by atoms with Gasteiger partial charge in [0.15, 0.2) is 5.60 Å². The second-order valence-corrected chi connectivity index (χ2v) is 8.14. The average Bonchev–Trinajstić information content (AvgIpc) is 2.87. The summed E-state index contributed by atoms with van der Waals surface area (Å²) in [5.74, 6) is -0.516. The molecular weight excluding hydrogens is 335 g/mol. The number of benzene rings is 1. The van der Waals surface area contributed by atoms with Gasteiger partial charge < -0.3 is 15.3 Å². The van der Waals surface area contributed by atoms with Crippen molar-refractivity contribution in [1.82, 2.24) is 20.0 Å². The number of β-amino-alcohol motifs (C(OH)–C–C–N with tert-alkyl or cyclic N) is 1. The molecule has 3 heterocycles. The maximum Gasteiger partial charge on any atom is 0.257 e. The lowest BCUT2D eigenvalue weighted by Crippen LogP contribution is -2.68. The van der Waals surface area contributed by atoms with Gasteiger partial charge in [0.2, 0.25) is 0 Å². The molecule has 2 aliphatic heterocycles. The number of aliphatic hydroxyl groups is 1. The number of carbonyl (C=O) groups excluding carboxylic acids is 1. The Morgan fingerprint density at radius 1 is 1.27 bits per heavy atom. The van der Waals surface area contributed by atoms with Gasteiger partial charge in [0.1, 0.15) is 5.82 Å². The van der Waals surface area contributed by atoms with E-state index in [2.05, 4.69) is 24.3 Å². The summed E-state index contributed by atoms with van der Waals surface area (Å²) in [6.45, 7) is 5.78. The van der Waals surface area contributed by atoms with Gasteiger partial charge in [-0.1, -0.05) is 13.8 Å². The Bertz CT molecular complexity index is 840. The Morgan fingerprint density at radius 3 is 2.58 bits per heavy atom. The molecule has 4 rings (SSSR count). The van der Waals surface area contributed by atoms with Crippen LogP contribution in [0.25, 0.3) is 5.69 Å². The smallest absolute Gasteiger partial charge is 0.257 e. The topological polar surface area (TPSA) is 70.4 Å². The summed E-state index contributed by atoms with van der Waals surface area (Å²) in [5, 5.41) is 17.9. The molecule has 26 heavy (non-hydrogen) atoms. The Morgan fingerprint density at radius 2 is 1.96 bits per heavy atom. The van der Waals surface area contributed by atoms with Crippen LogP contribution in [0.1, 0.15) is 25.1 Å². The first-order chi connectivity index (χ1) is 12.3. The second-order valence-electron chi connectivity index (χ2n) is 8.14. The van der Waals surface area contributed by atoms with Crippen LogP contribution in [-0.2, 0) is 17.8 Å². The zero-order chi connectivity index (χ0) is 18.5. The van der Waals surface area contributed by atoms with Crippen LogP contribution in [0.3, 0.4) is 0 Å². The van der Waals surface area contributed by atoms with Crippen LogP contribution in [0.2, 0.25) is 0 Å². The molecule has 0 atom stereocenters. The zero-order valence-corrected chi connectivity index (χ0v) is 15.0. The summed E-state index contributed by atoms with van der Waals surface area (Å²) >= 11 is 0. The number of nitrogens with zero attached hydrogens (tertiary/aromatic N) is 3. The fraction of sp³-hybridized carbons (Fsp3) is 0.474. The maximum atomic E-state index is 13.2. The first-order valence-electron chi connectivity index (χ1n) is 8.82. The normalized spacial score (nSPS) is 20.8. The summed E-state index contributed by atoms with van der Waals surface area (Å²) in [7, 11) is 0. The Hall–Kier alpha value is -2.25. The van der Waals surface area contributed by atoms with Crippen LogP contribution < -0.4 is 5.32 Å². The molecule has 0 saturated carbocycles. The van der Waals surface area contributed by atoms with Crippen molar-refractivity contribution >= 4 is 5.91 Å². The summed E-state index contributed by atoms with van der Waals surface area (Å²) in [6, 6.07) is 6.23. The molecule has 1 fully saturated rings. The molecular formula is C19H23FN4O2. The van der Waals surface area contributed by atoms with Crippen LogP contribution >= 0.6 is 0 Å². The predicted molar refractivity (Wildman–Crippen MR) is 94.2 cm³/mol. The number of hydrogen-bond donors (Lipinski definition) is 2. The van der Waals surface area contributed by atoms with Crippen LogP contribution in [0.5, 0.6) is 0 Å². The minimum absolute atomic E-state index is 0.174. The van der Waals surface area contributed by atoms with Crippen LogP contribution in [-0.4, -0.2) is 50.9 Å². The first kappa shape index (κ1) is 17.2. The van der Waals surface area contributed by atoms with E-state index in [-0.39, 0.29) is 17.1 Å². The fourth-order valence-corrected chi connectivity index (χ4v) is 3.77. The van der Waals surface area contributed by atoms with Crippen molar-refractivity contribution in [3.05, 3.63) is 47.5 Å². The monoisotopic (exact) mass is 358 g/mol. The summed E-state index contributed by atoms with van der Waals surface area (Å²) in [4.78, 5) is 14.6. The van der Waals surface area contributed by atoms with Gasteiger partial charge in [0.25, 0.3) is 5.91 Å². The first-order valence-corrected chi connectivity index (χ1v) is 8.82. The standard InChI is InChI=1S/C19H23FN4O2/c1-18(2)7-16-13(8-22-24(16)15-5-3-14(20)4-6-15)9-23(12-18)17(25)19(26)10-21-11-19/h3-6,8,21,26H,7,9-12H2,1-2H3. The van der Waals surface area contributed by atoms with E-state index in [1.165, 1.54) is 12.1 Å². The summed E-state index contributed by atoms with van der Waals surface area (Å²) in [6.07, 6.45) is 2.50. The summed E-state index contributed by atoms with van der Waals surface area (Å²) < 4.78 is 15.1. The molecule has 7 heteroatoms. The SMILES string of the molecule is CC1(C)Cc2c(cnn2-c2ccc(F)cc2)CN(C(=O)C2(O)CNC2)C1. The van der Waals surface area contributed by atoms with Gasteiger partial charge in [0, 0.05) is 37.4 Å². The number of hydrogen-bond acceptors (Lipinski definition) is 4. The number of fused-ring (bicyclic) bond motifs is 1. The van der Waals surface area contributed by atoms with Crippen LogP contribution in [0.15, 0.2) is 30.5 Å². The lowest BCUT2D eigenvalue weighted by molar-refractivity contribution is -0.158. The summed E-state index contributed by atoms with van der Waals surface area (Å²) in [5.41, 5.74) is 1.31. The van der Waals surface area contributed by atoms with Gasteiger partial charge in [-0.2, -0.15) is 5.10 Å². The number of nitrogens with one attached hydrogen (secondary N) is 1. The number of rotatable bonds is 2. The number of halogens is 1. The molecule has 6 nitrogen and oxygen atoms in total. The van der Waals surface area contributed by atoms with Crippen LogP contribution in [0.4, 0.5) is 4.39 Å². The third-order valence-corrected chi connectivity index (χ3v) is 5.17. The Kier molecular flexibility index (Phi) is 3.89. The molecule has 2 N–H and O–H groups in total. The van der Waals surface area contributed by atoms with Gasteiger partial charge >= 0.3 is 0 Å². The van der Waals surface area contributed by atoms with E-state index < -0.39 is 5.60 Å². The zero-order valence-electron chi connectivity index (χ0n) is 15.0. The Balaban J connectivity index is 1.69. The molecule has 1 amide bonds. The van der Waals surface area contributed by atoms with Gasteiger partial charge in [-0.05, 0) is 36.1 Å². The molecule has 0 aliphatic carbocycles. The maximum absolute atomic E-state index is 13.2. The molecule has 1 saturated heterocycles. The second kappa shape index (κ2) is 5.89. The van der Waals surface area contributed by atoms with Crippen molar-refractivity contribution in [3.63, 3.8) is 0 Å². The number of aromatic nitrogens is 2. The van der Waals surface area contributed by atoms with E-state index in [1.54, 1.807) is 23.2 Å². The molecule has 0 radical (unpaired) electrons. The highest BCUT2D eigenvalue weighted by molar-refractivity contribution is 5.86. The van der Waals surface area contributed by atoms with Gasteiger partial charge in [-0.25, -0.2) is 9.07 Å². The highest BCUT2D eigenvalue weighted by Gasteiger charge is 2.46. The van der Waals surface area contributed by atoms with Crippen molar-refractivity contribution in [2.45, 2.75) is 32.4 Å².